The van der Waals surface area contributed by atoms with E-state index in [-0.39, 0.29) is 35.7 Å². The number of hydrogen-bond donors (Lipinski definition) is 4. The van der Waals surface area contributed by atoms with Crippen molar-refractivity contribution in [2.24, 2.45) is 11.8 Å². The van der Waals surface area contributed by atoms with Crippen LogP contribution >= 0.6 is 0 Å². The summed E-state index contributed by atoms with van der Waals surface area (Å²) in [7, 11) is 2.58. The lowest BCUT2D eigenvalue weighted by atomic mass is 9.96. The largest absolute Gasteiger partial charge is 0.453 e. The van der Waals surface area contributed by atoms with Gasteiger partial charge in [-0.3, -0.25) is 9.59 Å². The molecule has 3 aromatic carbocycles. The van der Waals surface area contributed by atoms with Gasteiger partial charge in [-0.05, 0) is 65.3 Å². The van der Waals surface area contributed by atoms with Crippen LogP contribution in [0.3, 0.4) is 0 Å². The molecule has 0 spiro atoms. The lowest BCUT2D eigenvalue weighted by Gasteiger charge is -2.36. The molecule has 16 heteroatoms. The topological polar surface area (TPSA) is 193 Å². The molecule has 4 saturated heterocycles. The molecular weight excluding hydrogens is 769 g/mol. The van der Waals surface area contributed by atoms with E-state index in [2.05, 4.69) is 81.3 Å². The number of methoxy groups -OCH3 is 2. The SMILES string of the molecule is COC(=O)N[C@H](C(=O)N1CCC[C@H]1c1ncc(-c2ccc(-c3ccc4cc(-c5cnc([C@@H]6CCCN6C(=O)[C@@H](NC(=O)OC)C6COC6)[nH]5)ccc4c3)cc2)[nH]1)C1COC1. The van der Waals surface area contributed by atoms with Crippen LogP contribution in [0, 0.1) is 11.8 Å². The predicted molar refractivity (Wildman–Crippen MR) is 219 cm³/mol. The average Bonchev–Trinajstić information content (AvgIpc) is 4.08. The molecule has 6 heterocycles. The molecule has 4 amide bonds. The summed E-state index contributed by atoms with van der Waals surface area (Å²) in [5, 5.41) is 7.63. The van der Waals surface area contributed by atoms with Crippen molar-refractivity contribution < 1.29 is 38.1 Å². The molecule has 9 rings (SSSR count). The number of imidazole rings is 2. The highest BCUT2D eigenvalue weighted by molar-refractivity contribution is 5.91. The number of nitrogens with zero attached hydrogens (tertiary/aromatic N) is 4. The van der Waals surface area contributed by atoms with Gasteiger partial charge in [0.2, 0.25) is 11.8 Å². The minimum atomic E-state index is -0.714. The first-order chi connectivity index (χ1) is 29.3. The van der Waals surface area contributed by atoms with Gasteiger partial charge in [-0.2, -0.15) is 0 Å². The van der Waals surface area contributed by atoms with Gasteiger partial charge in [-0.1, -0.05) is 48.5 Å². The smallest absolute Gasteiger partial charge is 0.407 e. The molecule has 5 aromatic rings. The molecule has 4 aliphatic rings. The molecule has 2 aromatic heterocycles. The van der Waals surface area contributed by atoms with Crippen molar-refractivity contribution in [2.45, 2.75) is 49.9 Å². The van der Waals surface area contributed by atoms with Crippen LogP contribution in [0.2, 0.25) is 0 Å². The third-order valence-electron chi connectivity index (χ3n) is 12.3. The molecular formula is C44H48N8O8. The number of H-pyrrole nitrogens is 2. The molecule has 4 atom stereocenters. The van der Waals surface area contributed by atoms with Crippen molar-refractivity contribution in [3.63, 3.8) is 0 Å². The number of ether oxygens (including phenoxy) is 4. The van der Waals surface area contributed by atoms with E-state index >= 15 is 0 Å². The molecule has 4 N–H and O–H groups in total. The number of aromatic amines is 2. The lowest BCUT2D eigenvalue weighted by molar-refractivity contribution is -0.142. The van der Waals surface area contributed by atoms with Gasteiger partial charge in [0.05, 0.1) is 76.5 Å². The van der Waals surface area contributed by atoms with Gasteiger partial charge in [0.25, 0.3) is 0 Å². The number of benzene rings is 3. The predicted octanol–water partition coefficient (Wildman–Crippen LogP) is 5.36. The Bertz CT molecular complexity index is 2390. The Morgan fingerprint density at radius 2 is 1.07 bits per heavy atom. The number of nitrogens with one attached hydrogen (secondary N) is 4. The fraction of sp³-hybridized carbons (Fsp3) is 0.409. The number of alkyl carbamates (subject to hydrolysis) is 2. The molecule has 0 saturated carbocycles. The zero-order chi connectivity index (χ0) is 41.3. The molecule has 60 heavy (non-hydrogen) atoms. The van der Waals surface area contributed by atoms with Crippen LogP contribution in [0.15, 0.2) is 73.1 Å². The van der Waals surface area contributed by atoms with Crippen molar-refractivity contribution in [3.05, 3.63) is 84.7 Å². The Balaban J connectivity index is 0.863. The van der Waals surface area contributed by atoms with Gasteiger partial charge in [0.1, 0.15) is 23.7 Å². The van der Waals surface area contributed by atoms with Crippen molar-refractivity contribution in [3.8, 4) is 33.6 Å². The zero-order valence-electron chi connectivity index (χ0n) is 33.5. The van der Waals surface area contributed by atoms with Gasteiger partial charge < -0.3 is 49.3 Å². The van der Waals surface area contributed by atoms with Gasteiger partial charge in [-0.15, -0.1) is 0 Å². The molecule has 312 valence electrons. The Kier molecular flexibility index (Phi) is 11.0. The Hall–Kier alpha value is -6.26. The van der Waals surface area contributed by atoms with Gasteiger partial charge in [-0.25, -0.2) is 19.6 Å². The summed E-state index contributed by atoms with van der Waals surface area (Å²) < 4.78 is 20.2. The molecule has 0 radical (unpaired) electrons. The first kappa shape index (κ1) is 39.2. The van der Waals surface area contributed by atoms with E-state index in [1.807, 2.05) is 16.0 Å². The molecule has 16 nitrogen and oxygen atoms in total. The fourth-order valence-electron chi connectivity index (χ4n) is 8.75. The van der Waals surface area contributed by atoms with Gasteiger partial charge >= 0.3 is 12.2 Å². The Labute approximate surface area is 346 Å². The highest BCUT2D eigenvalue weighted by atomic mass is 16.5. The number of aromatic nitrogens is 4. The first-order valence-corrected chi connectivity index (χ1v) is 20.5. The maximum absolute atomic E-state index is 13.7. The number of likely N-dealkylation sites (tertiary alicyclic amines) is 2. The van der Waals surface area contributed by atoms with Crippen LogP contribution in [-0.2, 0) is 28.5 Å². The second kappa shape index (κ2) is 16.8. The Morgan fingerprint density at radius 3 is 1.53 bits per heavy atom. The summed E-state index contributed by atoms with van der Waals surface area (Å²) in [5.74, 6) is 0.945. The summed E-state index contributed by atoms with van der Waals surface area (Å²) in [5.41, 5.74) is 5.84. The van der Waals surface area contributed by atoms with Crippen LogP contribution in [-0.4, -0.2) is 120 Å². The second-order valence-corrected chi connectivity index (χ2v) is 15.9. The highest BCUT2D eigenvalue weighted by Crippen LogP contribution is 2.36. The van der Waals surface area contributed by atoms with E-state index in [9.17, 15) is 19.2 Å². The van der Waals surface area contributed by atoms with E-state index in [0.717, 1.165) is 81.7 Å². The highest BCUT2D eigenvalue weighted by Gasteiger charge is 2.43. The van der Waals surface area contributed by atoms with Crippen molar-refractivity contribution >= 4 is 34.8 Å². The third kappa shape index (κ3) is 7.68. The zero-order valence-corrected chi connectivity index (χ0v) is 33.5. The second-order valence-electron chi connectivity index (χ2n) is 15.9. The minimum Gasteiger partial charge on any atom is -0.453 e. The quantitative estimate of drug-likeness (QED) is 0.135. The summed E-state index contributed by atoms with van der Waals surface area (Å²) >= 11 is 0. The minimum absolute atomic E-state index is 0.0961. The standard InChI is InChI=1S/C44H48N8O8/c1-57-43(55)49-37(31-21-59-22-31)41(53)51-15-3-5-35(51)39-45-19-33(47-39)26-9-7-25(8-10-26)27-11-12-29-18-30(14-13-28(29)17-27)34-20-46-40(48-34)36-6-4-16-52(36)42(54)38(32-23-60-24-32)50-44(56)58-2/h7-14,17-20,31-32,35-38H,3-6,15-16,21-24H2,1-2H3,(H,45,47)(H,46,48)(H,49,55)(H,50,56)/t35-,36-,37-,38-/m0/s1. The van der Waals surface area contributed by atoms with Gasteiger partial charge in [0.15, 0.2) is 0 Å². The normalized spacial score (nSPS) is 20.3. The third-order valence-corrected chi connectivity index (χ3v) is 12.3. The van der Waals surface area contributed by atoms with E-state index in [1.54, 1.807) is 6.20 Å². The van der Waals surface area contributed by atoms with Crippen LogP contribution < -0.4 is 10.6 Å². The van der Waals surface area contributed by atoms with E-state index in [0.29, 0.717) is 39.5 Å². The number of rotatable bonds is 11. The molecule has 0 unspecified atom stereocenters. The molecule has 0 bridgehead atoms. The summed E-state index contributed by atoms with van der Waals surface area (Å²) in [4.78, 5) is 71.5. The van der Waals surface area contributed by atoms with E-state index in [1.165, 1.54) is 14.2 Å². The monoisotopic (exact) mass is 816 g/mol. The van der Waals surface area contributed by atoms with Gasteiger partial charge in [0, 0.05) is 30.5 Å². The summed E-state index contributed by atoms with van der Waals surface area (Å²) in [6.07, 6.45) is 5.57. The van der Waals surface area contributed by atoms with Crippen molar-refractivity contribution in [2.75, 3.05) is 53.7 Å². The number of fused-ring (bicyclic) bond motifs is 1. The summed E-state index contributed by atoms with van der Waals surface area (Å²) in [6.45, 7) is 2.82. The summed E-state index contributed by atoms with van der Waals surface area (Å²) in [6, 6.07) is 19.2. The van der Waals surface area contributed by atoms with E-state index in [4.69, 9.17) is 28.9 Å². The van der Waals surface area contributed by atoms with E-state index < -0.39 is 24.3 Å². The number of hydrogen-bond acceptors (Lipinski definition) is 10. The first-order valence-electron chi connectivity index (χ1n) is 20.5. The van der Waals surface area contributed by atoms with Crippen molar-refractivity contribution in [1.29, 1.82) is 0 Å². The average molecular weight is 817 g/mol. The number of carbonyl (C=O) groups is 4. The lowest BCUT2D eigenvalue weighted by Crippen LogP contribution is -2.56. The Morgan fingerprint density at radius 1 is 0.633 bits per heavy atom. The van der Waals surface area contributed by atoms with Crippen LogP contribution in [0.4, 0.5) is 9.59 Å². The number of carbonyl (C=O) groups excluding carboxylic acids is 4. The maximum Gasteiger partial charge on any atom is 0.407 e. The van der Waals surface area contributed by atoms with Crippen molar-refractivity contribution in [1.82, 2.24) is 40.4 Å². The number of amides is 4. The molecule has 0 aliphatic carbocycles. The fourth-order valence-corrected chi connectivity index (χ4v) is 8.75. The molecule has 4 aliphatic heterocycles. The molecule has 4 fully saturated rings. The van der Waals surface area contributed by atoms with Crippen LogP contribution in [0.5, 0.6) is 0 Å². The van der Waals surface area contributed by atoms with Crippen LogP contribution in [0.1, 0.15) is 49.4 Å². The maximum atomic E-state index is 13.7. The van der Waals surface area contributed by atoms with Crippen LogP contribution in [0.25, 0.3) is 44.4 Å².